The first-order valence-corrected chi connectivity index (χ1v) is 11.9. The van der Waals surface area contributed by atoms with E-state index in [0.29, 0.717) is 22.8 Å². The van der Waals surface area contributed by atoms with E-state index in [1.54, 1.807) is 42.8 Å². The van der Waals surface area contributed by atoms with Crippen LogP contribution in [0.1, 0.15) is 36.6 Å². The fourth-order valence-corrected chi connectivity index (χ4v) is 5.10. The Morgan fingerprint density at radius 1 is 1.19 bits per heavy atom. The van der Waals surface area contributed by atoms with Gasteiger partial charge in [0.2, 0.25) is 11.8 Å². The van der Waals surface area contributed by atoms with Crippen LogP contribution in [0.15, 0.2) is 24.5 Å². The van der Waals surface area contributed by atoms with Crippen molar-refractivity contribution in [3.05, 3.63) is 40.0 Å². The molecule has 4 rings (SSSR count). The topological polar surface area (TPSA) is 87.2 Å². The zero-order chi connectivity index (χ0) is 22.8. The standard InChI is InChI=1S/C23H26ClN5O2S/c1-4-19(30)27-16-5-6-17(24)18(11-16)28-22(31)15-7-9-29(10-8-15)21-20-13(2)14(3)32-23(20)26-12-25-21/h5-6,11-12,15H,4,7-10H2,1-3H3,(H,27,30)(H,28,31). The van der Waals surface area contributed by atoms with Gasteiger partial charge in [0.15, 0.2) is 0 Å². The third kappa shape index (κ3) is 4.56. The molecule has 0 spiro atoms. The lowest BCUT2D eigenvalue weighted by atomic mass is 9.95. The van der Waals surface area contributed by atoms with Crippen molar-refractivity contribution in [2.24, 2.45) is 5.92 Å². The Morgan fingerprint density at radius 2 is 1.94 bits per heavy atom. The van der Waals surface area contributed by atoms with E-state index in [4.69, 9.17) is 11.6 Å². The zero-order valence-corrected chi connectivity index (χ0v) is 19.9. The lowest BCUT2D eigenvalue weighted by Gasteiger charge is -2.32. The van der Waals surface area contributed by atoms with E-state index in [2.05, 4.69) is 39.3 Å². The lowest BCUT2D eigenvalue weighted by Crippen LogP contribution is -2.38. The molecule has 2 amide bonds. The summed E-state index contributed by atoms with van der Waals surface area (Å²) in [5.74, 6) is 0.699. The molecule has 0 saturated carbocycles. The van der Waals surface area contributed by atoms with Gasteiger partial charge in [-0.2, -0.15) is 0 Å². The van der Waals surface area contributed by atoms with Gasteiger partial charge in [-0.15, -0.1) is 11.3 Å². The monoisotopic (exact) mass is 471 g/mol. The molecule has 1 aliphatic heterocycles. The van der Waals surface area contributed by atoms with Crippen LogP contribution in [0.2, 0.25) is 5.02 Å². The highest BCUT2D eigenvalue weighted by molar-refractivity contribution is 7.18. The molecule has 168 valence electrons. The van der Waals surface area contributed by atoms with Gasteiger partial charge in [-0.25, -0.2) is 9.97 Å². The average molecular weight is 472 g/mol. The largest absolute Gasteiger partial charge is 0.356 e. The predicted molar refractivity (Wildman–Crippen MR) is 131 cm³/mol. The molecule has 1 fully saturated rings. The SMILES string of the molecule is CCC(=O)Nc1ccc(Cl)c(NC(=O)C2CCN(c3ncnc4sc(C)c(C)c34)CC2)c1. The smallest absolute Gasteiger partial charge is 0.227 e. The summed E-state index contributed by atoms with van der Waals surface area (Å²) in [5.41, 5.74) is 2.35. The molecule has 2 aromatic heterocycles. The first-order chi connectivity index (χ1) is 15.4. The Balaban J connectivity index is 1.43. The van der Waals surface area contributed by atoms with Gasteiger partial charge in [-0.3, -0.25) is 9.59 Å². The number of rotatable bonds is 5. The summed E-state index contributed by atoms with van der Waals surface area (Å²) in [5, 5.41) is 7.30. The van der Waals surface area contributed by atoms with E-state index in [9.17, 15) is 9.59 Å². The molecule has 1 aliphatic rings. The van der Waals surface area contributed by atoms with Gasteiger partial charge in [0.25, 0.3) is 0 Å². The van der Waals surface area contributed by atoms with Crippen molar-refractivity contribution in [1.82, 2.24) is 9.97 Å². The van der Waals surface area contributed by atoms with Gasteiger partial charge >= 0.3 is 0 Å². The predicted octanol–water partition coefficient (Wildman–Crippen LogP) is 5.17. The Bertz CT molecular complexity index is 1170. The molecular weight excluding hydrogens is 446 g/mol. The number of amides is 2. The van der Waals surface area contributed by atoms with Crippen molar-refractivity contribution in [1.29, 1.82) is 0 Å². The molecule has 3 heterocycles. The van der Waals surface area contributed by atoms with E-state index in [-0.39, 0.29) is 17.7 Å². The number of aryl methyl sites for hydroxylation is 2. The Kier molecular flexibility index (Phi) is 6.62. The summed E-state index contributed by atoms with van der Waals surface area (Å²) in [6.07, 6.45) is 3.46. The summed E-state index contributed by atoms with van der Waals surface area (Å²) in [7, 11) is 0. The maximum atomic E-state index is 12.9. The second-order valence-electron chi connectivity index (χ2n) is 8.01. The highest BCUT2D eigenvalue weighted by atomic mass is 35.5. The summed E-state index contributed by atoms with van der Waals surface area (Å²) < 4.78 is 0. The van der Waals surface area contributed by atoms with E-state index in [1.165, 1.54) is 10.4 Å². The summed E-state index contributed by atoms with van der Waals surface area (Å²) in [6.45, 7) is 7.50. The molecule has 0 unspecified atom stereocenters. The van der Waals surface area contributed by atoms with Gasteiger partial charge in [0, 0.05) is 36.0 Å². The highest BCUT2D eigenvalue weighted by Crippen LogP contribution is 2.36. The number of nitrogens with one attached hydrogen (secondary N) is 2. The summed E-state index contributed by atoms with van der Waals surface area (Å²) in [4.78, 5) is 38.1. The van der Waals surface area contributed by atoms with Crippen molar-refractivity contribution >= 4 is 62.2 Å². The second-order valence-corrected chi connectivity index (χ2v) is 9.62. The van der Waals surface area contributed by atoms with Crippen LogP contribution >= 0.6 is 22.9 Å². The Morgan fingerprint density at radius 3 is 2.66 bits per heavy atom. The third-order valence-corrected chi connectivity index (χ3v) is 7.38. The minimum atomic E-state index is -0.112. The summed E-state index contributed by atoms with van der Waals surface area (Å²) in [6, 6.07) is 5.10. The van der Waals surface area contributed by atoms with Crippen molar-refractivity contribution < 1.29 is 9.59 Å². The van der Waals surface area contributed by atoms with Crippen molar-refractivity contribution in [3.8, 4) is 0 Å². The number of halogens is 1. The maximum Gasteiger partial charge on any atom is 0.227 e. The van der Waals surface area contributed by atoms with Crippen molar-refractivity contribution in [2.75, 3.05) is 28.6 Å². The number of hydrogen-bond acceptors (Lipinski definition) is 6. The highest BCUT2D eigenvalue weighted by Gasteiger charge is 2.27. The van der Waals surface area contributed by atoms with Crippen LogP contribution in [0, 0.1) is 19.8 Å². The molecule has 2 N–H and O–H groups in total. The van der Waals surface area contributed by atoms with Crippen LogP contribution in [0.4, 0.5) is 17.2 Å². The quantitative estimate of drug-likeness (QED) is 0.536. The number of nitrogens with zero attached hydrogens (tertiary/aromatic N) is 3. The Labute approximate surface area is 196 Å². The molecule has 7 nitrogen and oxygen atoms in total. The minimum Gasteiger partial charge on any atom is -0.356 e. The van der Waals surface area contributed by atoms with Gasteiger partial charge in [-0.1, -0.05) is 18.5 Å². The number of anilines is 3. The van der Waals surface area contributed by atoms with E-state index in [0.717, 1.165) is 42.0 Å². The number of aromatic nitrogens is 2. The number of benzene rings is 1. The molecule has 3 aromatic rings. The molecular formula is C23H26ClN5O2S. The number of thiophene rings is 1. The zero-order valence-electron chi connectivity index (χ0n) is 18.4. The normalized spacial score (nSPS) is 14.6. The summed E-state index contributed by atoms with van der Waals surface area (Å²) >= 11 is 7.97. The number of carbonyl (C=O) groups excluding carboxylic acids is 2. The molecule has 0 bridgehead atoms. The second kappa shape index (κ2) is 9.42. The molecule has 32 heavy (non-hydrogen) atoms. The van der Waals surface area contributed by atoms with Crippen LogP contribution in [-0.2, 0) is 9.59 Å². The average Bonchev–Trinajstić information content (AvgIpc) is 3.09. The Hall–Kier alpha value is -2.71. The number of piperidine rings is 1. The number of hydrogen-bond donors (Lipinski definition) is 2. The van der Waals surface area contributed by atoms with E-state index < -0.39 is 0 Å². The lowest BCUT2D eigenvalue weighted by molar-refractivity contribution is -0.120. The van der Waals surface area contributed by atoms with Crippen LogP contribution in [0.5, 0.6) is 0 Å². The number of fused-ring (bicyclic) bond motifs is 1. The molecule has 0 radical (unpaired) electrons. The minimum absolute atomic E-state index is 0.0547. The van der Waals surface area contributed by atoms with E-state index >= 15 is 0 Å². The van der Waals surface area contributed by atoms with Crippen molar-refractivity contribution in [2.45, 2.75) is 40.0 Å². The van der Waals surface area contributed by atoms with Gasteiger partial charge in [0.1, 0.15) is 17.0 Å². The van der Waals surface area contributed by atoms with Crippen LogP contribution < -0.4 is 15.5 Å². The van der Waals surface area contributed by atoms with Crippen LogP contribution in [-0.4, -0.2) is 34.9 Å². The first-order valence-electron chi connectivity index (χ1n) is 10.7. The van der Waals surface area contributed by atoms with Crippen LogP contribution in [0.25, 0.3) is 10.2 Å². The first kappa shape index (κ1) is 22.5. The fraction of sp³-hybridized carbons (Fsp3) is 0.391. The van der Waals surface area contributed by atoms with Crippen LogP contribution in [0.3, 0.4) is 0 Å². The van der Waals surface area contributed by atoms with Gasteiger partial charge < -0.3 is 15.5 Å². The third-order valence-electron chi connectivity index (χ3n) is 5.94. The molecule has 9 heteroatoms. The number of carbonyl (C=O) groups is 2. The van der Waals surface area contributed by atoms with Gasteiger partial charge in [-0.05, 0) is 50.5 Å². The molecule has 1 saturated heterocycles. The maximum absolute atomic E-state index is 12.9. The molecule has 1 aromatic carbocycles. The van der Waals surface area contributed by atoms with E-state index in [1.807, 2.05) is 0 Å². The molecule has 0 aliphatic carbocycles. The fourth-order valence-electron chi connectivity index (χ4n) is 3.94. The molecule has 0 atom stereocenters. The van der Waals surface area contributed by atoms with Gasteiger partial charge in [0.05, 0.1) is 16.1 Å². The van der Waals surface area contributed by atoms with Crippen molar-refractivity contribution in [3.63, 3.8) is 0 Å².